The Kier molecular flexibility index (Phi) is 27.1. The van der Waals surface area contributed by atoms with Crippen molar-refractivity contribution < 1.29 is 16.9 Å². The Hall–Kier alpha value is -0.280. The molecule has 192 valence electrons. The number of benzene rings is 1. The topological polar surface area (TPSA) is 35.0 Å². The highest BCUT2D eigenvalue weighted by Gasteiger charge is 2.28. The van der Waals surface area contributed by atoms with Gasteiger partial charge in [0, 0.05) is 12.0 Å². The Morgan fingerprint density at radius 2 is 1.03 bits per heavy atom. The molecule has 1 rings (SSSR count). The summed E-state index contributed by atoms with van der Waals surface area (Å²) in [5.41, 5.74) is 1.52. The average Bonchev–Trinajstić information content (AvgIpc) is 2.72. The summed E-state index contributed by atoms with van der Waals surface area (Å²) >= 11 is 0. The van der Waals surface area contributed by atoms with E-state index in [1.54, 1.807) is 0 Å². The van der Waals surface area contributed by atoms with Crippen molar-refractivity contribution in [1.82, 2.24) is 6.15 Å². The standard InChI is InChI=1S/C28H52N.2ClH.H3N/c1-5-7-8-9-10-11-12-13-14-15-16-17-18-22-26-29(3,4)28(23-6-2)27-24-20-19-21-25-27;;;/h19-21,24-25,28H,5-18,22-23,26H2,1-4H3;2*1H;1H3/q+1;;;/p-1. The van der Waals surface area contributed by atoms with Gasteiger partial charge in [0.25, 0.3) is 0 Å². The Labute approximate surface area is 214 Å². The second-order valence-electron chi connectivity index (χ2n) is 9.81. The van der Waals surface area contributed by atoms with Crippen molar-refractivity contribution in [2.75, 3.05) is 20.6 Å². The minimum atomic E-state index is 0. The Bertz CT molecular complexity index is 480. The number of hydrogen-bond donors (Lipinski definition) is 1. The lowest BCUT2D eigenvalue weighted by Gasteiger charge is -2.38. The van der Waals surface area contributed by atoms with Crippen LogP contribution in [0.15, 0.2) is 30.3 Å². The van der Waals surface area contributed by atoms with Crippen LogP contribution in [-0.2, 0) is 0 Å². The van der Waals surface area contributed by atoms with E-state index in [1.165, 1.54) is 115 Å². The van der Waals surface area contributed by atoms with Crippen LogP contribution < -0.4 is 18.6 Å². The summed E-state index contributed by atoms with van der Waals surface area (Å²) in [6.07, 6.45) is 22.7. The van der Waals surface area contributed by atoms with Gasteiger partial charge in [-0.15, -0.1) is 12.4 Å². The summed E-state index contributed by atoms with van der Waals surface area (Å²) in [4.78, 5) is 0. The molecule has 0 aromatic heterocycles. The van der Waals surface area contributed by atoms with Gasteiger partial charge in [-0.1, -0.05) is 128 Å². The zero-order chi connectivity index (χ0) is 21.2. The molecular formula is C28H56Cl2N2. The van der Waals surface area contributed by atoms with Crippen LogP contribution in [0.3, 0.4) is 0 Å². The molecule has 0 saturated heterocycles. The van der Waals surface area contributed by atoms with E-state index in [0.29, 0.717) is 6.04 Å². The fourth-order valence-corrected chi connectivity index (χ4v) is 4.74. The van der Waals surface area contributed by atoms with Gasteiger partial charge < -0.3 is 23.0 Å². The zero-order valence-corrected chi connectivity index (χ0v) is 23.5. The zero-order valence-electron chi connectivity index (χ0n) is 21.9. The molecule has 1 unspecified atom stereocenters. The molecule has 0 heterocycles. The van der Waals surface area contributed by atoms with E-state index in [0.717, 1.165) is 4.48 Å². The summed E-state index contributed by atoms with van der Waals surface area (Å²) in [7, 11) is 4.88. The van der Waals surface area contributed by atoms with Crippen LogP contribution in [0.2, 0.25) is 0 Å². The van der Waals surface area contributed by atoms with E-state index in [-0.39, 0.29) is 31.0 Å². The predicted octanol–water partition coefficient (Wildman–Crippen LogP) is 6.67. The third-order valence-electron chi connectivity index (χ3n) is 6.68. The Morgan fingerprint density at radius 1 is 0.625 bits per heavy atom. The van der Waals surface area contributed by atoms with Crippen LogP contribution in [0.5, 0.6) is 0 Å². The SMILES string of the molecule is CCCCCCCCCCCCCCCC[N+](C)(C)C(CCC)c1ccccc1.Cl.N.[Cl-]. The van der Waals surface area contributed by atoms with Crippen LogP contribution in [0.25, 0.3) is 0 Å². The summed E-state index contributed by atoms with van der Waals surface area (Å²) in [5, 5.41) is 0. The van der Waals surface area contributed by atoms with Gasteiger partial charge in [0.15, 0.2) is 0 Å². The van der Waals surface area contributed by atoms with E-state index < -0.39 is 0 Å². The lowest BCUT2D eigenvalue weighted by Crippen LogP contribution is -3.00. The molecule has 0 aliphatic heterocycles. The number of rotatable bonds is 19. The smallest absolute Gasteiger partial charge is 0.114 e. The molecule has 0 aliphatic rings. The van der Waals surface area contributed by atoms with Crippen molar-refractivity contribution in [2.24, 2.45) is 0 Å². The summed E-state index contributed by atoms with van der Waals surface area (Å²) in [6.45, 7) is 5.92. The maximum Gasteiger partial charge on any atom is 0.114 e. The van der Waals surface area contributed by atoms with Gasteiger partial charge >= 0.3 is 0 Å². The van der Waals surface area contributed by atoms with Crippen molar-refractivity contribution in [3.8, 4) is 0 Å². The summed E-state index contributed by atoms with van der Waals surface area (Å²) in [6, 6.07) is 11.8. The molecule has 0 fully saturated rings. The van der Waals surface area contributed by atoms with Gasteiger partial charge in [0.2, 0.25) is 0 Å². The van der Waals surface area contributed by atoms with Crippen LogP contribution >= 0.6 is 12.4 Å². The number of hydrogen-bond acceptors (Lipinski definition) is 1. The van der Waals surface area contributed by atoms with Crippen molar-refractivity contribution in [2.45, 2.75) is 123 Å². The molecule has 1 aromatic rings. The van der Waals surface area contributed by atoms with E-state index >= 15 is 0 Å². The van der Waals surface area contributed by atoms with Crippen LogP contribution in [0.1, 0.15) is 128 Å². The first-order chi connectivity index (χ1) is 14.1. The molecular weight excluding hydrogens is 435 g/mol. The first-order valence-corrected chi connectivity index (χ1v) is 13.0. The van der Waals surface area contributed by atoms with Crippen molar-refractivity contribution in [1.29, 1.82) is 0 Å². The third-order valence-corrected chi connectivity index (χ3v) is 6.68. The predicted molar refractivity (Wildman–Crippen MR) is 144 cm³/mol. The molecule has 4 heteroatoms. The van der Waals surface area contributed by atoms with Gasteiger partial charge in [-0.25, -0.2) is 0 Å². The number of nitrogens with zero attached hydrogens (tertiary/aromatic N) is 1. The molecule has 0 saturated carbocycles. The highest BCUT2D eigenvalue weighted by Crippen LogP contribution is 2.30. The van der Waals surface area contributed by atoms with Crippen molar-refractivity contribution in [3.05, 3.63) is 35.9 Å². The Morgan fingerprint density at radius 3 is 1.44 bits per heavy atom. The maximum absolute atomic E-state index is 2.44. The minimum Gasteiger partial charge on any atom is -1.00 e. The van der Waals surface area contributed by atoms with Crippen molar-refractivity contribution in [3.63, 3.8) is 0 Å². The van der Waals surface area contributed by atoms with E-state index in [2.05, 4.69) is 58.3 Å². The average molecular weight is 492 g/mol. The normalized spacial score (nSPS) is 11.8. The van der Waals surface area contributed by atoms with Crippen LogP contribution in [-0.4, -0.2) is 25.1 Å². The lowest BCUT2D eigenvalue weighted by atomic mass is 9.98. The monoisotopic (exact) mass is 490 g/mol. The van der Waals surface area contributed by atoms with Crippen molar-refractivity contribution >= 4 is 12.4 Å². The second kappa shape index (κ2) is 23.9. The molecule has 0 radical (unpaired) electrons. The first kappa shape index (κ1) is 36.3. The molecule has 0 amide bonds. The molecule has 2 nitrogen and oxygen atoms in total. The van der Waals surface area contributed by atoms with Gasteiger partial charge in [-0.2, -0.15) is 0 Å². The number of halogens is 2. The molecule has 0 bridgehead atoms. The largest absolute Gasteiger partial charge is 1.00 e. The van der Waals surface area contributed by atoms with Gasteiger partial charge in [-0.05, 0) is 12.8 Å². The molecule has 1 atom stereocenters. The Balaban J connectivity index is -0.00000280. The summed E-state index contributed by atoms with van der Waals surface area (Å²) in [5.74, 6) is 0. The number of unbranched alkanes of at least 4 members (excludes halogenated alkanes) is 13. The quantitative estimate of drug-likeness (QED) is 0.170. The fraction of sp³-hybridized carbons (Fsp3) is 0.786. The van der Waals surface area contributed by atoms with Crippen LogP contribution in [0.4, 0.5) is 0 Å². The maximum atomic E-state index is 2.44. The third kappa shape index (κ3) is 17.2. The molecule has 1 aromatic carbocycles. The molecule has 32 heavy (non-hydrogen) atoms. The van der Waals surface area contributed by atoms with E-state index in [1.807, 2.05) is 0 Å². The fourth-order valence-electron chi connectivity index (χ4n) is 4.74. The molecule has 0 spiro atoms. The van der Waals surface area contributed by atoms with Gasteiger partial charge in [0.05, 0.1) is 20.6 Å². The van der Waals surface area contributed by atoms with E-state index in [9.17, 15) is 0 Å². The van der Waals surface area contributed by atoms with Crippen LogP contribution in [0, 0.1) is 0 Å². The minimum absolute atomic E-state index is 0. The van der Waals surface area contributed by atoms with Gasteiger partial charge in [-0.3, -0.25) is 0 Å². The number of quaternary nitrogens is 1. The van der Waals surface area contributed by atoms with Gasteiger partial charge in [0.1, 0.15) is 6.04 Å². The molecule has 3 N–H and O–H groups in total. The highest BCUT2D eigenvalue weighted by molar-refractivity contribution is 5.85. The first-order valence-electron chi connectivity index (χ1n) is 13.0. The molecule has 0 aliphatic carbocycles. The van der Waals surface area contributed by atoms with E-state index in [4.69, 9.17) is 0 Å². The highest BCUT2D eigenvalue weighted by atomic mass is 35.5. The summed E-state index contributed by atoms with van der Waals surface area (Å²) < 4.78 is 1.14. The second-order valence-corrected chi connectivity index (χ2v) is 9.81. The lowest BCUT2D eigenvalue weighted by molar-refractivity contribution is -0.921.